The Kier molecular flexibility index (Phi) is 3.73. The van der Waals surface area contributed by atoms with Gasteiger partial charge in [-0.1, -0.05) is 6.42 Å². The van der Waals surface area contributed by atoms with Gasteiger partial charge < -0.3 is 4.74 Å². The van der Waals surface area contributed by atoms with Crippen molar-refractivity contribution in [3.63, 3.8) is 0 Å². The first kappa shape index (κ1) is 13.9. The molecule has 0 aromatic heterocycles. The van der Waals surface area contributed by atoms with Crippen molar-refractivity contribution >= 4 is 10.0 Å². The highest BCUT2D eigenvalue weighted by Gasteiger charge is 2.41. The summed E-state index contributed by atoms with van der Waals surface area (Å²) in [6.07, 6.45) is 4.63. The van der Waals surface area contributed by atoms with Gasteiger partial charge in [0.25, 0.3) is 0 Å². The summed E-state index contributed by atoms with van der Waals surface area (Å²) in [5.74, 6) is 1.97. The largest absolute Gasteiger partial charge is 0.494 e. The van der Waals surface area contributed by atoms with Crippen LogP contribution in [0.3, 0.4) is 0 Å². The molecule has 0 saturated heterocycles. The lowest BCUT2D eigenvalue weighted by Gasteiger charge is -2.22. The highest BCUT2D eigenvalue weighted by Crippen LogP contribution is 2.44. The summed E-state index contributed by atoms with van der Waals surface area (Å²) in [6, 6.07) is 6.77. The second-order valence-corrected chi connectivity index (χ2v) is 7.52. The van der Waals surface area contributed by atoms with E-state index in [0.717, 1.165) is 12.3 Å². The minimum atomic E-state index is -3.40. The monoisotopic (exact) mass is 295 g/mol. The summed E-state index contributed by atoms with van der Waals surface area (Å²) in [5.41, 5.74) is 0. The Hall–Kier alpha value is -1.07. The lowest BCUT2D eigenvalue weighted by atomic mass is 9.96. The van der Waals surface area contributed by atoms with Gasteiger partial charge in [0.15, 0.2) is 0 Å². The summed E-state index contributed by atoms with van der Waals surface area (Å²) >= 11 is 0. The summed E-state index contributed by atoms with van der Waals surface area (Å²) in [4.78, 5) is 0.323. The van der Waals surface area contributed by atoms with Crippen LogP contribution in [0.15, 0.2) is 29.2 Å². The molecule has 0 heterocycles. The van der Waals surface area contributed by atoms with Crippen LogP contribution in [0.2, 0.25) is 0 Å². The Morgan fingerprint density at radius 1 is 1.20 bits per heavy atom. The van der Waals surface area contributed by atoms with E-state index in [9.17, 15) is 8.42 Å². The predicted octanol–water partition coefficient (Wildman–Crippen LogP) is 2.55. The molecule has 2 bridgehead atoms. The van der Waals surface area contributed by atoms with Gasteiger partial charge in [0.1, 0.15) is 5.75 Å². The van der Waals surface area contributed by atoms with Crippen molar-refractivity contribution in [1.82, 2.24) is 4.72 Å². The molecule has 4 nitrogen and oxygen atoms in total. The molecule has 2 aliphatic carbocycles. The van der Waals surface area contributed by atoms with Gasteiger partial charge in [0, 0.05) is 6.04 Å². The van der Waals surface area contributed by atoms with Crippen molar-refractivity contribution in [1.29, 1.82) is 0 Å². The number of ether oxygens (including phenoxy) is 1. The first-order valence-electron chi connectivity index (χ1n) is 7.33. The molecule has 1 aromatic rings. The standard InChI is InChI=1S/C15H21NO3S/c1-2-19-13-5-7-14(8-6-13)20(17,18)16-15-10-11-3-4-12(15)9-11/h5-8,11-12,15-16H,2-4,9-10H2,1H3/t11-,12-,15+/m0/s1. The van der Waals surface area contributed by atoms with Gasteiger partial charge in [-0.3, -0.25) is 0 Å². The molecule has 2 fully saturated rings. The number of rotatable bonds is 5. The third-order valence-electron chi connectivity index (χ3n) is 4.49. The molecular formula is C15H21NO3S. The highest BCUT2D eigenvalue weighted by atomic mass is 32.2. The SMILES string of the molecule is CCOc1ccc(S(=O)(=O)N[C@@H]2C[C@H]3CC[C@H]2C3)cc1. The van der Waals surface area contributed by atoms with Gasteiger partial charge in [-0.15, -0.1) is 0 Å². The fourth-order valence-electron chi connectivity index (χ4n) is 3.54. The zero-order valence-corrected chi connectivity index (χ0v) is 12.5. The van der Waals surface area contributed by atoms with Crippen molar-refractivity contribution in [2.45, 2.75) is 43.5 Å². The Morgan fingerprint density at radius 2 is 1.95 bits per heavy atom. The molecule has 20 heavy (non-hydrogen) atoms. The van der Waals surface area contributed by atoms with Gasteiger partial charge in [-0.05, 0) is 62.3 Å². The average Bonchev–Trinajstić information content (AvgIpc) is 3.01. The molecule has 0 amide bonds. The normalized spacial score (nSPS) is 28.8. The molecule has 0 aliphatic heterocycles. The molecule has 3 atom stereocenters. The second-order valence-electron chi connectivity index (χ2n) is 5.81. The Labute approximate surface area is 120 Å². The minimum Gasteiger partial charge on any atom is -0.494 e. The topological polar surface area (TPSA) is 55.4 Å². The molecule has 3 rings (SSSR count). The van der Waals surface area contributed by atoms with Gasteiger partial charge in [0.2, 0.25) is 10.0 Å². The summed E-state index contributed by atoms with van der Waals surface area (Å²) in [5, 5.41) is 0. The van der Waals surface area contributed by atoms with E-state index in [1.165, 1.54) is 19.3 Å². The molecule has 110 valence electrons. The third-order valence-corrected chi connectivity index (χ3v) is 6.00. The fourth-order valence-corrected chi connectivity index (χ4v) is 4.86. The van der Waals surface area contributed by atoms with Gasteiger partial charge in [-0.25, -0.2) is 13.1 Å². The number of hydrogen-bond acceptors (Lipinski definition) is 3. The van der Waals surface area contributed by atoms with Crippen LogP contribution in [0.25, 0.3) is 0 Å². The van der Waals surface area contributed by atoms with Crippen molar-refractivity contribution < 1.29 is 13.2 Å². The maximum absolute atomic E-state index is 12.4. The lowest BCUT2D eigenvalue weighted by Crippen LogP contribution is -2.38. The van der Waals surface area contributed by atoms with E-state index in [-0.39, 0.29) is 6.04 Å². The summed E-state index contributed by atoms with van der Waals surface area (Å²) in [7, 11) is -3.40. The maximum atomic E-state index is 12.4. The van der Waals surface area contributed by atoms with Crippen molar-refractivity contribution in [3.05, 3.63) is 24.3 Å². The molecule has 0 unspecified atom stereocenters. The quantitative estimate of drug-likeness (QED) is 0.908. The minimum absolute atomic E-state index is 0.130. The van der Waals surface area contributed by atoms with Crippen molar-refractivity contribution in [2.75, 3.05) is 6.61 Å². The van der Waals surface area contributed by atoms with Gasteiger partial charge in [0.05, 0.1) is 11.5 Å². The summed E-state index contributed by atoms with van der Waals surface area (Å²) < 4.78 is 33.0. The van der Waals surface area contributed by atoms with Crippen LogP contribution in [0, 0.1) is 11.8 Å². The molecule has 5 heteroatoms. The molecule has 2 saturated carbocycles. The molecule has 0 radical (unpaired) electrons. The molecular weight excluding hydrogens is 274 g/mol. The van der Waals surface area contributed by atoms with Crippen LogP contribution in [0.4, 0.5) is 0 Å². The number of benzene rings is 1. The Bertz CT molecular complexity index is 567. The molecule has 2 aliphatic rings. The first-order valence-corrected chi connectivity index (χ1v) is 8.82. The molecule has 1 N–H and O–H groups in total. The third kappa shape index (κ3) is 2.69. The zero-order chi connectivity index (χ0) is 14.2. The Balaban J connectivity index is 1.71. The van der Waals surface area contributed by atoms with Crippen molar-refractivity contribution in [2.24, 2.45) is 11.8 Å². The number of nitrogens with one attached hydrogen (secondary N) is 1. The second kappa shape index (κ2) is 5.37. The Morgan fingerprint density at radius 3 is 2.50 bits per heavy atom. The highest BCUT2D eigenvalue weighted by molar-refractivity contribution is 7.89. The van der Waals surface area contributed by atoms with Crippen LogP contribution in [-0.2, 0) is 10.0 Å². The molecule has 1 aromatic carbocycles. The van der Waals surface area contributed by atoms with E-state index in [1.807, 2.05) is 6.92 Å². The zero-order valence-electron chi connectivity index (χ0n) is 11.7. The van der Waals surface area contributed by atoms with E-state index < -0.39 is 10.0 Å². The fraction of sp³-hybridized carbons (Fsp3) is 0.600. The number of sulfonamides is 1. The maximum Gasteiger partial charge on any atom is 0.240 e. The number of hydrogen-bond donors (Lipinski definition) is 1. The lowest BCUT2D eigenvalue weighted by molar-refractivity contribution is 0.340. The van der Waals surface area contributed by atoms with E-state index in [2.05, 4.69) is 4.72 Å². The van der Waals surface area contributed by atoms with Crippen LogP contribution in [0.1, 0.15) is 32.6 Å². The molecule has 0 spiro atoms. The van der Waals surface area contributed by atoms with E-state index in [0.29, 0.717) is 23.2 Å². The van der Waals surface area contributed by atoms with E-state index in [1.54, 1.807) is 24.3 Å². The summed E-state index contributed by atoms with van der Waals surface area (Å²) in [6.45, 7) is 2.48. The van der Waals surface area contributed by atoms with Gasteiger partial charge >= 0.3 is 0 Å². The smallest absolute Gasteiger partial charge is 0.240 e. The average molecular weight is 295 g/mol. The van der Waals surface area contributed by atoms with Gasteiger partial charge in [-0.2, -0.15) is 0 Å². The van der Waals surface area contributed by atoms with Crippen LogP contribution in [0.5, 0.6) is 5.75 Å². The van der Waals surface area contributed by atoms with E-state index >= 15 is 0 Å². The van der Waals surface area contributed by atoms with Crippen LogP contribution in [-0.4, -0.2) is 21.1 Å². The van der Waals surface area contributed by atoms with E-state index in [4.69, 9.17) is 4.74 Å². The van der Waals surface area contributed by atoms with Crippen molar-refractivity contribution in [3.8, 4) is 5.75 Å². The predicted molar refractivity (Wildman–Crippen MR) is 77.2 cm³/mol. The number of fused-ring (bicyclic) bond motifs is 2. The van der Waals surface area contributed by atoms with Crippen LogP contribution >= 0.6 is 0 Å². The first-order chi connectivity index (χ1) is 9.58. The van der Waals surface area contributed by atoms with Crippen LogP contribution < -0.4 is 9.46 Å².